The van der Waals surface area contributed by atoms with Gasteiger partial charge in [-0.15, -0.1) is 0 Å². The first kappa shape index (κ1) is 24.9. The molecule has 0 spiro atoms. The Balaban J connectivity index is 2.02. The van der Waals surface area contributed by atoms with Crippen molar-refractivity contribution in [3.05, 3.63) is 40.1 Å². The summed E-state index contributed by atoms with van der Waals surface area (Å²) < 4.78 is 43.8. The van der Waals surface area contributed by atoms with Gasteiger partial charge in [0.1, 0.15) is 23.0 Å². The van der Waals surface area contributed by atoms with Gasteiger partial charge in [-0.2, -0.15) is 8.42 Å². The number of esters is 1. The van der Waals surface area contributed by atoms with Gasteiger partial charge in [0.15, 0.2) is 5.78 Å². The second-order valence-electron chi connectivity index (χ2n) is 8.82. The second-order valence-corrected chi connectivity index (χ2v) is 11.3. The van der Waals surface area contributed by atoms with Gasteiger partial charge in [0.25, 0.3) is 10.1 Å². The molecule has 1 aliphatic carbocycles. The lowest BCUT2D eigenvalue weighted by Crippen LogP contribution is -2.60. The average Bonchev–Trinajstić information content (AvgIpc) is 2.69. The van der Waals surface area contributed by atoms with Gasteiger partial charge in [0.2, 0.25) is 0 Å². The third-order valence-electron chi connectivity index (χ3n) is 6.44. The number of ketones is 1. The SMILES string of the molecule is CCOC(=O)C1=C(C)O[C@]2(C)[C@@H](OS(=O)(=O)c3ccc(Br)cc3)C[C@@H](C(C)C)C[C@H]2C1=O. The van der Waals surface area contributed by atoms with Crippen LogP contribution in [0.15, 0.2) is 45.0 Å². The number of rotatable bonds is 6. The number of carbonyl (C=O) groups is 2. The molecule has 1 aromatic carbocycles. The van der Waals surface area contributed by atoms with Gasteiger partial charge < -0.3 is 9.47 Å². The molecule has 9 heteroatoms. The molecule has 1 saturated carbocycles. The van der Waals surface area contributed by atoms with Crippen LogP contribution < -0.4 is 0 Å². The highest BCUT2D eigenvalue weighted by Crippen LogP contribution is 2.49. The van der Waals surface area contributed by atoms with E-state index in [1.165, 1.54) is 19.1 Å². The van der Waals surface area contributed by atoms with Crippen LogP contribution in [-0.2, 0) is 33.4 Å². The van der Waals surface area contributed by atoms with Crippen molar-refractivity contribution >= 4 is 37.8 Å². The zero-order valence-corrected chi connectivity index (χ0v) is 21.3. The Morgan fingerprint density at radius 3 is 2.44 bits per heavy atom. The molecule has 0 N–H and O–H groups in total. The summed E-state index contributed by atoms with van der Waals surface area (Å²) in [6, 6.07) is 6.16. The Hall–Kier alpha value is -1.71. The molecule has 2 aliphatic rings. The van der Waals surface area contributed by atoms with Crippen molar-refractivity contribution in [1.29, 1.82) is 0 Å². The number of carbonyl (C=O) groups excluding carboxylic acids is 2. The highest BCUT2D eigenvalue weighted by Gasteiger charge is 2.58. The van der Waals surface area contributed by atoms with Crippen LogP contribution >= 0.6 is 15.9 Å². The van der Waals surface area contributed by atoms with Gasteiger partial charge >= 0.3 is 5.97 Å². The molecule has 176 valence electrons. The Morgan fingerprint density at radius 2 is 1.88 bits per heavy atom. The van der Waals surface area contributed by atoms with E-state index < -0.39 is 33.7 Å². The van der Waals surface area contributed by atoms with Crippen molar-refractivity contribution in [2.75, 3.05) is 6.61 Å². The predicted octanol–water partition coefficient (Wildman–Crippen LogP) is 4.40. The molecular formula is C23H29BrO7S. The summed E-state index contributed by atoms with van der Waals surface area (Å²) in [5.74, 6) is -1.49. The summed E-state index contributed by atoms with van der Waals surface area (Å²) in [5, 5.41) is 0. The summed E-state index contributed by atoms with van der Waals surface area (Å²) in [5.41, 5.74) is -1.33. The van der Waals surface area contributed by atoms with Crippen LogP contribution in [0.1, 0.15) is 47.5 Å². The summed E-state index contributed by atoms with van der Waals surface area (Å²) in [7, 11) is -4.11. The second kappa shape index (κ2) is 9.27. The van der Waals surface area contributed by atoms with Gasteiger partial charge in [0.05, 0.1) is 17.4 Å². The molecule has 0 unspecified atom stereocenters. The third-order valence-corrected chi connectivity index (χ3v) is 8.31. The minimum atomic E-state index is -4.11. The first-order chi connectivity index (χ1) is 14.9. The first-order valence-electron chi connectivity index (χ1n) is 10.7. The van der Waals surface area contributed by atoms with Gasteiger partial charge in [-0.25, -0.2) is 4.79 Å². The van der Waals surface area contributed by atoms with Crippen molar-refractivity contribution in [2.45, 2.75) is 64.1 Å². The van der Waals surface area contributed by atoms with Crippen LogP contribution in [0.2, 0.25) is 0 Å². The van der Waals surface area contributed by atoms with Gasteiger partial charge in [-0.05, 0) is 69.7 Å². The van der Waals surface area contributed by atoms with E-state index >= 15 is 0 Å². The van der Waals surface area contributed by atoms with Crippen LogP contribution in [0, 0.1) is 17.8 Å². The van der Waals surface area contributed by atoms with Gasteiger partial charge in [-0.3, -0.25) is 8.98 Å². The number of Topliss-reactive ketones (excluding diaryl/α,β-unsaturated/α-hetero) is 1. The smallest absolute Gasteiger partial charge is 0.345 e. The largest absolute Gasteiger partial charge is 0.488 e. The first-order valence-corrected chi connectivity index (χ1v) is 12.9. The zero-order chi connectivity index (χ0) is 23.8. The number of ether oxygens (including phenoxy) is 2. The number of benzene rings is 1. The quantitative estimate of drug-likeness (QED) is 0.306. The molecule has 32 heavy (non-hydrogen) atoms. The molecule has 1 fully saturated rings. The van der Waals surface area contributed by atoms with Crippen molar-refractivity contribution in [3.8, 4) is 0 Å². The van der Waals surface area contributed by atoms with Crippen LogP contribution in [0.5, 0.6) is 0 Å². The molecule has 0 saturated heterocycles. The van der Waals surface area contributed by atoms with Gasteiger partial charge in [0, 0.05) is 4.47 Å². The van der Waals surface area contributed by atoms with Crippen molar-refractivity contribution < 1.29 is 31.7 Å². The minimum absolute atomic E-state index is 0.0209. The maximum Gasteiger partial charge on any atom is 0.345 e. The molecule has 3 rings (SSSR count). The fourth-order valence-electron chi connectivity index (χ4n) is 4.54. The van der Waals surface area contributed by atoms with E-state index in [1.807, 2.05) is 13.8 Å². The number of halogens is 1. The topological polar surface area (TPSA) is 96.0 Å². The van der Waals surface area contributed by atoms with Crippen molar-refractivity contribution in [1.82, 2.24) is 0 Å². The molecule has 0 aromatic heterocycles. The molecule has 1 heterocycles. The zero-order valence-electron chi connectivity index (χ0n) is 18.9. The highest BCUT2D eigenvalue weighted by molar-refractivity contribution is 9.10. The number of hydrogen-bond donors (Lipinski definition) is 0. The number of allylic oxidation sites excluding steroid dienone is 1. The van der Waals surface area contributed by atoms with E-state index in [4.69, 9.17) is 13.7 Å². The molecule has 7 nitrogen and oxygen atoms in total. The van der Waals surface area contributed by atoms with E-state index in [0.717, 1.165) is 4.47 Å². The van der Waals surface area contributed by atoms with Crippen molar-refractivity contribution in [2.24, 2.45) is 17.8 Å². The van der Waals surface area contributed by atoms with E-state index in [1.54, 1.807) is 26.0 Å². The van der Waals surface area contributed by atoms with Crippen LogP contribution in [0.3, 0.4) is 0 Å². The molecule has 0 radical (unpaired) electrons. The van der Waals surface area contributed by atoms with Gasteiger partial charge in [-0.1, -0.05) is 29.8 Å². The average molecular weight is 529 g/mol. The Kier molecular flexibility index (Phi) is 7.22. The summed E-state index contributed by atoms with van der Waals surface area (Å²) in [4.78, 5) is 25.9. The highest BCUT2D eigenvalue weighted by atomic mass is 79.9. The van der Waals surface area contributed by atoms with E-state index in [9.17, 15) is 18.0 Å². The Bertz CT molecular complexity index is 1030. The molecular weight excluding hydrogens is 500 g/mol. The van der Waals surface area contributed by atoms with E-state index in [0.29, 0.717) is 12.8 Å². The van der Waals surface area contributed by atoms with E-state index in [2.05, 4.69) is 15.9 Å². The summed E-state index contributed by atoms with van der Waals surface area (Å²) >= 11 is 3.29. The molecule has 0 amide bonds. The number of fused-ring (bicyclic) bond motifs is 1. The summed E-state index contributed by atoms with van der Waals surface area (Å²) in [6.07, 6.45) is -0.0122. The van der Waals surface area contributed by atoms with Crippen molar-refractivity contribution in [3.63, 3.8) is 0 Å². The summed E-state index contributed by atoms with van der Waals surface area (Å²) in [6.45, 7) is 9.07. The molecule has 1 aromatic rings. The molecule has 4 atom stereocenters. The number of hydrogen-bond acceptors (Lipinski definition) is 7. The fraction of sp³-hybridized carbons (Fsp3) is 0.565. The normalized spacial score (nSPS) is 28.3. The minimum Gasteiger partial charge on any atom is -0.488 e. The predicted molar refractivity (Wildman–Crippen MR) is 121 cm³/mol. The maximum atomic E-state index is 13.4. The molecule has 0 bridgehead atoms. The standard InChI is InChI=1S/C23H29BrO7S/c1-6-29-22(26)20-14(4)30-23(5)18(21(20)25)11-15(13(2)3)12-19(23)31-32(27,28)17-9-7-16(24)8-10-17/h7-10,13,15,18-19H,6,11-12H2,1-5H3/t15-,18-,19-,23-/m0/s1. The molecule has 1 aliphatic heterocycles. The maximum absolute atomic E-state index is 13.4. The Morgan fingerprint density at radius 1 is 1.25 bits per heavy atom. The lowest BCUT2D eigenvalue weighted by molar-refractivity contribution is -0.169. The van der Waals surface area contributed by atoms with Crippen LogP contribution in [0.25, 0.3) is 0 Å². The lowest BCUT2D eigenvalue weighted by atomic mass is 9.64. The third kappa shape index (κ3) is 4.65. The lowest BCUT2D eigenvalue weighted by Gasteiger charge is -2.51. The van der Waals surface area contributed by atoms with Crippen LogP contribution in [0.4, 0.5) is 0 Å². The Labute approximate surface area is 197 Å². The van der Waals surface area contributed by atoms with Crippen LogP contribution in [-0.4, -0.2) is 38.5 Å². The van der Waals surface area contributed by atoms with E-state index in [-0.39, 0.29) is 40.5 Å². The fourth-order valence-corrected chi connectivity index (χ4v) is 5.96. The monoisotopic (exact) mass is 528 g/mol.